The number of rotatable bonds is 3. The summed E-state index contributed by atoms with van der Waals surface area (Å²) in [5.41, 5.74) is 1.72. The van der Waals surface area contributed by atoms with Gasteiger partial charge in [0.1, 0.15) is 11.6 Å². The fourth-order valence-corrected chi connectivity index (χ4v) is 3.28. The highest BCUT2D eigenvalue weighted by atomic mass is 19.1. The van der Waals surface area contributed by atoms with Crippen molar-refractivity contribution < 1.29 is 13.9 Å². The normalized spacial score (nSPS) is 14.7. The molecular formula is C20H22FN5O2. The van der Waals surface area contributed by atoms with E-state index in [0.29, 0.717) is 43.1 Å². The number of halogens is 1. The average Bonchev–Trinajstić information content (AvgIpc) is 3.11. The zero-order valence-corrected chi connectivity index (χ0v) is 15.9. The number of aromatic nitrogens is 3. The van der Waals surface area contributed by atoms with Crippen LogP contribution in [-0.4, -0.2) is 57.9 Å². The second kappa shape index (κ2) is 7.46. The van der Waals surface area contributed by atoms with Crippen molar-refractivity contribution in [2.75, 3.05) is 31.1 Å². The molecule has 0 bridgehead atoms. The molecule has 3 aromatic rings. The summed E-state index contributed by atoms with van der Waals surface area (Å²) < 4.78 is 21.1. The lowest BCUT2D eigenvalue weighted by Gasteiger charge is -2.35. The number of fused-ring (bicyclic) bond motifs is 1. The Morgan fingerprint density at radius 2 is 1.86 bits per heavy atom. The van der Waals surface area contributed by atoms with Crippen molar-refractivity contribution in [1.29, 1.82) is 0 Å². The predicted molar refractivity (Wildman–Crippen MR) is 104 cm³/mol. The number of hydrogen-bond acceptors (Lipinski definition) is 5. The summed E-state index contributed by atoms with van der Waals surface area (Å²) in [6.07, 6.45) is 1.21. The van der Waals surface area contributed by atoms with Crippen molar-refractivity contribution in [3.8, 4) is 11.3 Å². The SMILES string of the molecule is CC(C)OC(=O)N1CCN(c2ccc3ncc(-c4ccccc4F)n3n2)CC1. The topological polar surface area (TPSA) is 63.0 Å². The van der Waals surface area contributed by atoms with E-state index in [4.69, 9.17) is 4.74 Å². The van der Waals surface area contributed by atoms with E-state index in [-0.39, 0.29) is 18.0 Å². The Morgan fingerprint density at radius 1 is 1.11 bits per heavy atom. The summed E-state index contributed by atoms with van der Waals surface area (Å²) in [5, 5.41) is 4.67. The lowest BCUT2D eigenvalue weighted by atomic mass is 10.1. The lowest BCUT2D eigenvalue weighted by molar-refractivity contribution is 0.0751. The van der Waals surface area contributed by atoms with Gasteiger partial charge in [0.15, 0.2) is 5.65 Å². The second-order valence-electron chi connectivity index (χ2n) is 6.99. The largest absolute Gasteiger partial charge is 0.447 e. The molecule has 0 atom stereocenters. The summed E-state index contributed by atoms with van der Waals surface area (Å²) in [4.78, 5) is 20.2. The molecular weight excluding hydrogens is 361 g/mol. The first kappa shape index (κ1) is 18.2. The maximum atomic E-state index is 14.2. The van der Waals surface area contributed by atoms with Gasteiger partial charge in [-0.3, -0.25) is 0 Å². The van der Waals surface area contributed by atoms with Crippen molar-refractivity contribution in [2.45, 2.75) is 20.0 Å². The third-order valence-corrected chi connectivity index (χ3v) is 4.70. The van der Waals surface area contributed by atoms with Gasteiger partial charge in [0, 0.05) is 31.7 Å². The fraction of sp³-hybridized carbons (Fsp3) is 0.350. The average molecular weight is 383 g/mol. The van der Waals surface area contributed by atoms with Gasteiger partial charge in [0.2, 0.25) is 0 Å². The molecule has 3 heterocycles. The molecule has 7 nitrogen and oxygen atoms in total. The molecule has 8 heteroatoms. The standard InChI is InChI=1S/C20H22FN5O2/c1-14(2)28-20(27)25-11-9-24(10-12-25)19-8-7-18-22-13-17(26(18)23-19)15-5-3-4-6-16(15)21/h3-8,13-14H,9-12H2,1-2H3. The molecule has 0 spiro atoms. The highest BCUT2D eigenvalue weighted by molar-refractivity contribution is 5.68. The van der Waals surface area contributed by atoms with Crippen LogP contribution in [0.5, 0.6) is 0 Å². The van der Waals surface area contributed by atoms with E-state index in [2.05, 4.69) is 15.0 Å². The minimum atomic E-state index is -0.311. The molecule has 1 saturated heterocycles. The van der Waals surface area contributed by atoms with Crippen molar-refractivity contribution in [2.24, 2.45) is 0 Å². The van der Waals surface area contributed by atoms with Crippen LogP contribution in [0.4, 0.5) is 15.0 Å². The molecule has 0 saturated carbocycles. The molecule has 1 aromatic carbocycles. The molecule has 1 amide bonds. The van der Waals surface area contributed by atoms with Crippen molar-refractivity contribution >= 4 is 17.6 Å². The van der Waals surface area contributed by atoms with Gasteiger partial charge in [-0.2, -0.15) is 0 Å². The minimum absolute atomic E-state index is 0.132. The summed E-state index contributed by atoms with van der Waals surface area (Å²) in [6.45, 7) is 6.10. The molecule has 1 aliphatic heterocycles. The highest BCUT2D eigenvalue weighted by Crippen LogP contribution is 2.24. The van der Waals surface area contributed by atoms with E-state index < -0.39 is 0 Å². The maximum Gasteiger partial charge on any atom is 0.410 e. The number of nitrogens with zero attached hydrogens (tertiary/aromatic N) is 5. The van der Waals surface area contributed by atoms with E-state index in [9.17, 15) is 9.18 Å². The number of hydrogen-bond donors (Lipinski definition) is 0. The molecule has 0 radical (unpaired) electrons. The summed E-state index contributed by atoms with van der Waals surface area (Å²) in [7, 11) is 0. The van der Waals surface area contributed by atoms with E-state index in [0.717, 1.165) is 5.82 Å². The Morgan fingerprint density at radius 3 is 2.57 bits per heavy atom. The fourth-order valence-electron chi connectivity index (χ4n) is 3.28. The number of anilines is 1. The smallest absolute Gasteiger partial charge is 0.410 e. The molecule has 0 aliphatic carbocycles. The van der Waals surface area contributed by atoms with Gasteiger partial charge in [-0.25, -0.2) is 18.7 Å². The number of amides is 1. The van der Waals surface area contributed by atoms with Crippen molar-refractivity contribution in [3.05, 3.63) is 48.4 Å². The number of ether oxygens (including phenoxy) is 1. The van der Waals surface area contributed by atoms with Crippen LogP contribution in [-0.2, 0) is 4.74 Å². The Balaban J connectivity index is 1.55. The Bertz CT molecular complexity index is 995. The van der Waals surface area contributed by atoms with Crippen LogP contribution < -0.4 is 4.90 Å². The van der Waals surface area contributed by atoms with Gasteiger partial charge in [-0.15, -0.1) is 5.10 Å². The Labute approximate surface area is 162 Å². The number of benzene rings is 1. The van der Waals surface area contributed by atoms with Crippen LogP contribution in [0.1, 0.15) is 13.8 Å². The first-order valence-corrected chi connectivity index (χ1v) is 9.33. The summed E-state index contributed by atoms with van der Waals surface area (Å²) >= 11 is 0. The quantitative estimate of drug-likeness (QED) is 0.695. The van der Waals surface area contributed by atoms with Gasteiger partial charge in [-0.1, -0.05) is 12.1 Å². The van der Waals surface area contributed by atoms with Crippen LogP contribution >= 0.6 is 0 Å². The van der Waals surface area contributed by atoms with E-state index in [1.807, 2.05) is 26.0 Å². The van der Waals surface area contributed by atoms with Crippen LogP contribution in [0.25, 0.3) is 16.9 Å². The maximum absolute atomic E-state index is 14.2. The molecule has 1 fully saturated rings. The zero-order chi connectivity index (χ0) is 19.7. The number of carbonyl (C=O) groups is 1. The number of imidazole rings is 1. The molecule has 146 valence electrons. The molecule has 28 heavy (non-hydrogen) atoms. The highest BCUT2D eigenvalue weighted by Gasteiger charge is 2.24. The van der Waals surface area contributed by atoms with Gasteiger partial charge in [-0.05, 0) is 38.1 Å². The molecule has 4 rings (SSSR count). The summed E-state index contributed by atoms with van der Waals surface area (Å²) in [6, 6.07) is 10.4. The van der Waals surface area contributed by atoms with Crippen LogP contribution in [0.3, 0.4) is 0 Å². The van der Waals surface area contributed by atoms with Crippen LogP contribution in [0, 0.1) is 5.82 Å². The first-order chi connectivity index (χ1) is 13.5. The van der Waals surface area contributed by atoms with E-state index >= 15 is 0 Å². The molecule has 2 aromatic heterocycles. The number of carbonyl (C=O) groups excluding carboxylic acids is 1. The van der Waals surface area contributed by atoms with E-state index in [1.54, 1.807) is 33.8 Å². The van der Waals surface area contributed by atoms with E-state index in [1.165, 1.54) is 6.07 Å². The minimum Gasteiger partial charge on any atom is -0.447 e. The molecule has 0 N–H and O–H groups in total. The van der Waals surface area contributed by atoms with Gasteiger partial charge in [0.25, 0.3) is 0 Å². The molecule has 0 unspecified atom stereocenters. The zero-order valence-electron chi connectivity index (χ0n) is 15.9. The van der Waals surface area contributed by atoms with Gasteiger partial charge >= 0.3 is 6.09 Å². The lowest BCUT2D eigenvalue weighted by Crippen LogP contribution is -2.49. The third-order valence-electron chi connectivity index (χ3n) is 4.70. The number of piperazine rings is 1. The molecule has 1 aliphatic rings. The van der Waals surface area contributed by atoms with Gasteiger partial charge < -0.3 is 14.5 Å². The van der Waals surface area contributed by atoms with Crippen molar-refractivity contribution in [3.63, 3.8) is 0 Å². The monoisotopic (exact) mass is 383 g/mol. The first-order valence-electron chi connectivity index (χ1n) is 9.33. The second-order valence-corrected chi connectivity index (χ2v) is 6.99. The van der Waals surface area contributed by atoms with Gasteiger partial charge in [0.05, 0.1) is 18.0 Å². The summed E-state index contributed by atoms with van der Waals surface area (Å²) in [5.74, 6) is 0.453. The Hall–Kier alpha value is -3.16. The van der Waals surface area contributed by atoms with Crippen LogP contribution in [0.15, 0.2) is 42.6 Å². The van der Waals surface area contributed by atoms with Crippen LogP contribution in [0.2, 0.25) is 0 Å². The van der Waals surface area contributed by atoms with Crippen molar-refractivity contribution in [1.82, 2.24) is 19.5 Å². The third kappa shape index (κ3) is 3.49. The predicted octanol–water partition coefficient (Wildman–Crippen LogP) is 3.20. The Kier molecular flexibility index (Phi) is 4.85.